The minimum Gasteiger partial charge on any atom is -0.376 e. The second-order valence-corrected chi connectivity index (χ2v) is 8.16. The van der Waals surface area contributed by atoms with Crippen LogP contribution in [0.4, 0.5) is 0 Å². The van der Waals surface area contributed by atoms with E-state index in [0.29, 0.717) is 18.9 Å². The second kappa shape index (κ2) is 10.8. The van der Waals surface area contributed by atoms with Crippen molar-refractivity contribution in [2.45, 2.75) is 77.4 Å². The van der Waals surface area contributed by atoms with Crippen LogP contribution in [0.5, 0.6) is 0 Å². The van der Waals surface area contributed by atoms with E-state index < -0.39 is 0 Å². The summed E-state index contributed by atoms with van der Waals surface area (Å²) in [5, 5.41) is 3.04. The zero-order valence-corrected chi connectivity index (χ0v) is 16.8. The molecule has 3 heterocycles. The van der Waals surface area contributed by atoms with E-state index in [4.69, 9.17) is 4.74 Å². The number of hydrogen-bond acceptors (Lipinski definition) is 4. The third-order valence-electron chi connectivity index (χ3n) is 5.88. The monoisotopic (exact) mass is 376 g/mol. The van der Waals surface area contributed by atoms with Crippen molar-refractivity contribution in [2.75, 3.05) is 26.2 Å². The molecule has 2 fully saturated rings. The van der Waals surface area contributed by atoms with Gasteiger partial charge in [-0.05, 0) is 57.5 Å². The van der Waals surface area contributed by atoms with Crippen molar-refractivity contribution in [3.63, 3.8) is 0 Å². The van der Waals surface area contributed by atoms with Gasteiger partial charge in [-0.2, -0.15) is 0 Å². The number of aryl methyl sites for hydroxylation is 1. The molecule has 0 bridgehead atoms. The fourth-order valence-electron chi connectivity index (χ4n) is 4.09. The van der Waals surface area contributed by atoms with E-state index in [1.807, 2.05) is 6.20 Å². The molecular formula is C21H36N4O2. The average molecular weight is 377 g/mol. The number of aromatic nitrogens is 2. The number of amides is 1. The highest BCUT2D eigenvalue weighted by atomic mass is 16.5. The molecule has 152 valence electrons. The van der Waals surface area contributed by atoms with Gasteiger partial charge in [-0.1, -0.05) is 13.3 Å². The molecule has 1 aromatic heterocycles. The van der Waals surface area contributed by atoms with Crippen molar-refractivity contribution in [1.82, 2.24) is 20.2 Å². The van der Waals surface area contributed by atoms with E-state index in [9.17, 15) is 4.79 Å². The lowest BCUT2D eigenvalue weighted by atomic mass is 9.92. The van der Waals surface area contributed by atoms with Crippen LogP contribution in [-0.4, -0.2) is 53.1 Å². The van der Waals surface area contributed by atoms with Crippen LogP contribution in [0.3, 0.4) is 0 Å². The number of hydrogen-bond donors (Lipinski definition) is 2. The third kappa shape index (κ3) is 6.92. The zero-order valence-electron chi connectivity index (χ0n) is 16.8. The van der Waals surface area contributed by atoms with Gasteiger partial charge >= 0.3 is 0 Å². The van der Waals surface area contributed by atoms with Crippen molar-refractivity contribution < 1.29 is 9.53 Å². The van der Waals surface area contributed by atoms with Gasteiger partial charge in [0, 0.05) is 44.4 Å². The molecule has 6 nitrogen and oxygen atoms in total. The van der Waals surface area contributed by atoms with Gasteiger partial charge in [0.2, 0.25) is 5.91 Å². The molecule has 0 spiro atoms. The van der Waals surface area contributed by atoms with Crippen LogP contribution in [0.15, 0.2) is 6.20 Å². The van der Waals surface area contributed by atoms with Crippen LogP contribution in [-0.2, 0) is 22.5 Å². The van der Waals surface area contributed by atoms with E-state index in [-0.39, 0.29) is 12.0 Å². The first kappa shape index (κ1) is 20.3. The minimum absolute atomic E-state index is 0.185. The molecule has 0 aliphatic carbocycles. The van der Waals surface area contributed by atoms with Crippen molar-refractivity contribution >= 4 is 5.91 Å². The number of unbranched alkanes of at least 4 members (excludes halogenated alkanes) is 1. The van der Waals surface area contributed by atoms with Gasteiger partial charge in [0.25, 0.3) is 0 Å². The Labute approximate surface area is 163 Å². The first-order chi connectivity index (χ1) is 13.2. The summed E-state index contributed by atoms with van der Waals surface area (Å²) in [6.45, 7) is 6.94. The van der Waals surface area contributed by atoms with Gasteiger partial charge in [-0.25, -0.2) is 4.98 Å². The summed E-state index contributed by atoms with van der Waals surface area (Å²) in [4.78, 5) is 22.5. The molecule has 1 unspecified atom stereocenters. The topological polar surface area (TPSA) is 70.2 Å². The number of piperidine rings is 1. The fourth-order valence-corrected chi connectivity index (χ4v) is 4.09. The molecule has 6 heteroatoms. The summed E-state index contributed by atoms with van der Waals surface area (Å²) < 4.78 is 5.55. The highest BCUT2D eigenvalue weighted by Crippen LogP contribution is 2.23. The molecule has 2 aliphatic rings. The molecule has 3 rings (SSSR count). The Hall–Kier alpha value is -1.40. The summed E-state index contributed by atoms with van der Waals surface area (Å²) in [5.74, 6) is 1.98. The van der Waals surface area contributed by atoms with Crippen molar-refractivity contribution in [2.24, 2.45) is 5.92 Å². The lowest BCUT2D eigenvalue weighted by Crippen LogP contribution is -2.35. The number of nitrogens with zero attached hydrogens (tertiary/aromatic N) is 2. The Kier molecular flexibility index (Phi) is 8.14. The average Bonchev–Trinajstić information content (AvgIpc) is 3.36. The zero-order chi connectivity index (χ0) is 18.9. The molecule has 2 saturated heterocycles. The van der Waals surface area contributed by atoms with Crippen LogP contribution in [0, 0.1) is 5.92 Å². The summed E-state index contributed by atoms with van der Waals surface area (Å²) in [7, 11) is 0. The van der Waals surface area contributed by atoms with Crippen LogP contribution in [0.2, 0.25) is 0 Å². The lowest BCUT2D eigenvalue weighted by molar-refractivity contribution is -0.122. The Morgan fingerprint density at radius 1 is 1.37 bits per heavy atom. The van der Waals surface area contributed by atoms with E-state index in [1.165, 1.54) is 31.4 Å². The van der Waals surface area contributed by atoms with Crippen molar-refractivity contribution in [3.05, 3.63) is 17.7 Å². The van der Waals surface area contributed by atoms with Crippen LogP contribution in [0.1, 0.15) is 69.8 Å². The smallest absolute Gasteiger partial charge is 0.220 e. The number of aromatic amines is 1. The predicted octanol–water partition coefficient (Wildman–Crippen LogP) is 3.04. The number of carbonyl (C=O) groups is 1. The lowest BCUT2D eigenvalue weighted by Gasteiger charge is -2.31. The molecule has 0 aromatic carbocycles. The van der Waals surface area contributed by atoms with Gasteiger partial charge in [-0.15, -0.1) is 0 Å². The standard InChI is InChI=1S/C21H36N4O2/c1-2-3-6-20-22-14-18(24-20)16-25-11-9-17(10-12-25)7-8-21(26)23-15-19-5-4-13-27-19/h14,17,19H,2-13,15-16H2,1H3,(H,22,24)(H,23,26). The summed E-state index contributed by atoms with van der Waals surface area (Å²) >= 11 is 0. The fraction of sp³-hybridized carbons (Fsp3) is 0.810. The van der Waals surface area contributed by atoms with Crippen molar-refractivity contribution in [1.29, 1.82) is 0 Å². The second-order valence-electron chi connectivity index (χ2n) is 8.16. The summed E-state index contributed by atoms with van der Waals surface area (Å²) in [6.07, 6.45) is 11.9. The highest BCUT2D eigenvalue weighted by molar-refractivity contribution is 5.75. The highest BCUT2D eigenvalue weighted by Gasteiger charge is 2.21. The Morgan fingerprint density at radius 3 is 2.96 bits per heavy atom. The predicted molar refractivity (Wildman–Crippen MR) is 106 cm³/mol. The van der Waals surface area contributed by atoms with E-state index in [1.54, 1.807) is 0 Å². The molecule has 0 saturated carbocycles. The van der Waals surface area contributed by atoms with E-state index in [2.05, 4.69) is 27.1 Å². The quantitative estimate of drug-likeness (QED) is 0.658. The van der Waals surface area contributed by atoms with Crippen LogP contribution < -0.4 is 5.32 Å². The van der Waals surface area contributed by atoms with Crippen LogP contribution in [0.25, 0.3) is 0 Å². The first-order valence-electron chi connectivity index (χ1n) is 10.9. The molecule has 1 atom stereocenters. The van der Waals surface area contributed by atoms with Gasteiger partial charge < -0.3 is 15.0 Å². The molecule has 0 radical (unpaired) electrons. The Bertz CT molecular complexity index is 560. The number of rotatable bonds is 10. The molecule has 2 N–H and O–H groups in total. The van der Waals surface area contributed by atoms with Gasteiger partial charge in [-0.3, -0.25) is 9.69 Å². The van der Waals surface area contributed by atoms with Gasteiger partial charge in [0.1, 0.15) is 5.82 Å². The maximum Gasteiger partial charge on any atom is 0.220 e. The number of ether oxygens (including phenoxy) is 1. The molecule has 1 aromatic rings. The summed E-state index contributed by atoms with van der Waals surface area (Å²) in [5.41, 5.74) is 1.23. The Morgan fingerprint density at radius 2 is 2.22 bits per heavy atom. The number of imidazole rings is 1. The van der Waals surface area contributed by atoms with Crippen LogP contribution >= 0.6 is 0 Å². The normalized spacial score (nSPS) is 21.6. The number of likely N-dealkylation sites (tertiary alicyclic amines) is 1. The minimum atomic E-state index is 0.185. The first-order valence-corrected chi connectivity index (χ1v) is 10.9. The maximum atomic E-state index is 12.0. The molecule has 1 amide bonds. The van der Waals surface area contributed by atoms with Gasteiger partial charge in [0.05, 0.1) is 6.10 Å². The number of H-pyrrole nitrogens is 1. The number of carbonyl (C=O) groups excluding carboxylic acids is 1. The molecule has 2 aliphatic heterocycles. The maximum absolute atomic E-state index is 12.0. The SMILES string of the molecule is CCCCc1ncc(CN2CCC(CCC(=O)NCC3CCCO3)CC2)[nH]1. The largest absolute Gasteiger partial charge is 0.376 e. The number of nitrogens with one attached hydrogen (secondary N) is 2. The van der Waals surface area contributed by atoms with E-state index in [0.717, 1.165) is 57.7 Å². The third-order valence-corrected chi connectivity index (χ3v) is 5.88. The van der Waals surface area contributed by atoms with Gasteiger partial charge in [0.15, 0.2) is 0 Å². The van der Waals surface area contributed by atoms with E-state index >= 15 is 0 Å². The molecular weight excluding hydrogens is 340 g/mol. The van der Waals surface area contributed by atoms with Crippen molar-refractivity contribution in [3.8, 4) is 0 Å². The molecule has 27 heavy (non-hydrogen) atoms. The Balaban J connectivity index is 1.28. The summed E-state index contributed by atoms with van der Waals surface area (Å²) in [6, 6.07) is 0.